The molecule has 1 N–H and O–H groups in total. The van der Waals surface area contributed by atoms with Crippen LogP contribution in [0.3, 0.4) is 0 Å². The van der Waals surface area contributed by atoms with Crippen molar-refractivity contribution in [1.82, 2.24) is 14.9 Å². The Balaban J connectivity index is 1.44. The van der Waals surface area contributed by atoms with Crippen molar-refractivity contribution in [3.63, 3.8) is 0 Å². The van der Waals surface area contributed by atoms with Gasteiger partial charge in [0.1, 0.15) is 5.82 Å². The van der Waals surface area contributed by atoms with Gasteiger partial charge in [-0.15, -0.1) is 0 Å². The third kappa shape index (κ3) is 5.22. The number of thiocarbonyl (C=S) groups is 1. The van der Waals surface area contributed by atoms with Crippen molar-refractivity contribution < 1.29 is 4.39 Å². The SMILES string of the molecule is Cc1cc([C@H]2[C@@H](c3ccccn3)NC(=S)N2c2ccc(N3C[C@H](C)C[C@H](C)C3)c(Cl)c2)c(C)n1-c1ccc(F)cc1. The number of aryl methyl sites for hydroxylation is 1. The first-order valence-electron chi connectivity index (χ1n) is 14.2. The summed E-state index contributed by atoms with van der Waals surface area (Å²) in [6.07, 6.45) is 3.06. The first-order valence-corrected chi connectivity index (χ1v) is 15.0. The maximum atomic E-state index is 13.7. The molecule has 0 radical (unpaired) electrons. The van der Waals surface area contributed by atoms with E-state index in [0.717, 1.165) is 57.8 Å². The van der Waals surface area contributed by atoms with Gasteiger partial charge in [0.05, 0.1) is 28.5 Å². The van der Waals surface area contributed by atoms with Crippen LogP contribution >= 0.6 is 23.8 Å². The second-order valence-corrected chi connectivity index (χ2v) is 12.4. The summed E-state index contributed by atoms with van der Waals surface area (Å²) in [5.41, 5.74) is 7.07. The Bertz CT molecular complexity index is 1560. The van der Waals surface area contributed by atoms with Gasteiger partial charge >= 0.3 is 0 Å². The fraction of sp³-hybridized carbons (Fsp3) is 0.333. The van der Waals surface area contributed by atoms with Crippen LogP contribution in [0.1, 0.15) is 55.0 Å². The molecule has 4 aromatic rings. The lowest BCUT2D eigenvalue weighted by molar-refractivity contribution is 0.357. The van der Waals surface area contributed by atoms with Crippen molar-refractivity contribution in [2.24, 2.45) is 11.8 Å². The lowest BCUT2D eigenvalue weighted by Crippen LogP contribution is -2.38. The third-order valence-corrected chi connectivity index (χ3v) is 9.01. The predicted molar refractivity (Wildman–Crippen MR) is 170 cm³/mol. The first kappa shape index (κ1) is 27.7. The molecule has 2 aliphatic rings. The molecule has 0 unspecified atom stereocenters. The molecule has 4 atom stereocenters. The molecule has 5 nitrogen and oxygen atoms in total. The minimum atomic E-state index is -0.253. The molecule has 0 saturated carbocycles. The van der Waals surface area contributed by atoms with Crippen LogP contribution in [0, 0.1) is 31.5 Å². The van der Waals surface area contributed by atoms with Crippen molar-refractivity contribution >= 4 is 40.3 Å². The molecule has 2 aliphatic heterocycles. The highest BCUT2D eigenvalue weighted by molar-refractivity contribution is 7.80. The Labute approximate surface area is 252 Å². The summed E-state index contributed by atoms with van der Waals surface area (Å²) in [5, 5.41) is 4.91. The number of hydrogen-bond acceptors (Lipinski definition) is 3. The van der Waals surface area contributed by atoms with Gasteiger partial charge in [-0.3, -0.25) is 4.98 Å². The zero-order chi connectivity index (χ0) is 28.8. The largest absolute Gasteiger partial charge is 0.370 e. The van der Waals surface area contributed by atoms with Gasteiger partial charge in [0.15, 0.2) is 5.11 Å². The lowest BCUT2D eigenvalue weighted by Gasteiger charge is -2.37. The molecule has 2 aromatic carbocycles. The highest BCUT2D eigenvalue weighted by atomic mass is 35.5. The highest BCUT2D eigenvalue weighted by Gasteiger charge is 2.42. The summed E-state index contributed by atoms with van der Waals surface area (Å²) in [6, 6.07) is 20.7. The Morgan fingerprint density at radius 1 is 0.951 bits per heavy atom. The number of hydrogen-bond donors (Lipinski definition) is 1. The molecule has 0 bridgehead atoms. The molecule has 0 amide bonds. The smallest absolute Gasteiger partial charge is 0.174 e. The fourth-order valence-electron chi connectivity index (χ4n) is 6.79. The van der Waals surface area contributed by atoms with Crippen LogP contribution in [0.25, 0.3) is 5.69 Å². The monoisotopic (exact) mass is 587 g/mol. The van der Waals surface area contributed by atoms with Crippen LogP contribution in [-0.2, 0) is 0 Å². The molecule has 41 heavy (non-hydrogen) atoms. The molecule has 2 aromatic heterocycles. The number of rotatable bonds is 5. The Kier molecular flexibility index (Phi) is 7.51. The normalized spacial score (nSPS) is 22.7. The Hall–Kier alpha value is -3.42. The van der Waals surface area contributed by atoms with Crippen LogP contribution in [0.15, 0.2) is 72.9 Å². The van der Waals surface area contributed by atoms with Crippen molar-refractivity contribution in [2.45, 2.75) is 46.2 Å². The topological polar surface area (TPSA) is 36.3 Å². The van der Waals surface area contributed by atoms with Crippen LogP contribution in [0.4, 0.5) is 15.8 Å². The molecule has 0 aliphatic carbocycles. The van der Waals surface area contributed by atoms with Crippen molar-refractivity contribution in [3.8, 4) is 5.69 Å². The van der Waals surface area contributed by atoms with Crippen molar-refractivity contribution in [1.29, 1.82) is 0 Å². The number of aromatic nitrogens is 2. The minimum absolute atomic E-state index is 0.172. The minimum Gasteiger partial charge on any atom is -0.370 e. The van der Waals surface area contributed by atoms with Crippen LogP contribution in [0.5, 0.6) is 0 Å². The van der Waals surface area contributed by atoms with Crippen LogP contribution in [0.2, 0.25) is 5.02 Å². The number of nitrogens with zero attached hydrogens (tertiary/aromatic N) is 4. The summed E-state index contributed by atoms with van der Waals surface area (Å²) >= 11 is 13.0. The summed E-state index contributed by atoms with van der Waals surface area (Å²) in [4.78, 5) is 9.28. The average molecular weight is 588 g/mol. The van der Waals surface area contributed by atoms with Gasteiger partial charge in [-0.05, 0) is 111 Å². The number of nitrogens with one attached hydrogen (secondary N) is 1. The molecule has 4 heterocycles. The average Bonchev–Trinajstić information content (AvgIpc) is 3.44. The number of anilines is 2. The first-order chi connectivity index (χ1) is 19.7. The van der Waals surface area contributed by atoms with E-state index in [4.69, 9.17) is 28.8 Å². The molecule has 2 saturated heterocycles. The molecular formula is C33H35ClFN5S. The van der Waals surface area contributed by atoms with E-state index >= 15 is 0 Å². The third-order valence-electron chi connectivity index (χ3n) is 8.39. The highest BCUT2D eigenvalue weighted by Crippen LogP contribution is 2.45. The predicted octanol–water partition coefficient (Wildman–Crippen LogP) is 7.94. The van der Waals surface area contributed by atoms with Crippen LogP contribution in [-0.4, -0.2) is 27.8 Å². The number of piperidine rings is 1. The molecule has 2 fully saturated rings. The Morgan fingerprint density at radius 3 is 2.32 bits per heavy atom. The van der Waals surface area contributed by atoms with E-state index in [9.17, 15) is 4.39 Å². The zero-order valence-corrected chi connectivity index (χ0v) is 25.4. The quantitative estimate of drug-likeness (QED) is 0.240. The van der Waals surface area contributed by atoms with Gasteiger partial charge in [-0.25, -0.2) is 4.39 Å². The van der Waals surface area contributed by atoms with Gasteiger partial charge < -0.3 is 19.7 Å². The maximum Gasteiger partial charge on any atom is 0.174 e. The molecule has 6 rings (SSSR count). The molecular weight excluding hydrogens is 553 g/mol. The Morgan fingerprint density at radius 2 is 1.66 bits per heavy atom. The second kappa shape index (κ2) is 11.1. The van der Waals surface area contributed by atoms with E-state index in [0.29, 0.717) is 16.9 Å². The number of halogens is 2. The second-order valence-electron chi connectivity index (χ2n) is 11.6. The van der Waals surface area contributed by atoms with Crippen LogP contribution < -0.4 is 15.1 Å². The molecule has 0 spiro atoms. The van der Waals surface area contributed by atoms with E-state index < -0.39 is 0 Å². The zero-order valence-electron chi connectivity index (χ0n) is 23.8. The lowest BCUT2D eigenvalue weighted by atomic mass is 9.91. The summed E-state index contributed by atoms with van der Waals surface area (Å²) in [6.45, 7) is 10.8. The summed E-state index contributed by atoms with van der Waals surface area (Å²) < 4.78 is 15.9. The van der Waals surface area contributed by atoms with Crippen molar-refractivity contribution in [3.05, 3.63) is 106 Å². The van der Waals surface area contributed by atoms with E-state index in [1.54, 1.807) is 0 Å². The summed E-state index contributed by atoms with van der Waals surface area (Å²) in [5.74, 6) is 1.01. The molecule has 8 heteroatoms. The van der Waals surface area contributed by atoms with E-state index in [1.165, 1.54) is 18.6 Å². The van der Waals surface area contributed by atoms with Gasteiger partial charge in [0, 0.05) is 42.0 Å². The van der Waals surface area contributed by atoms with Gasteiger partial charge in [-0.2, -0.15) is 0 Å². The van der Waals surface area contributed by atoms with E-state index in [2.05, 4.69) is 65.6 Å². The van der Waals surface area contributed by atoms with E-state index in [-0.39, 0.29) is 17.9 Å². The van der Waals surface area contributed by atoms with Gasteiger partial charge in [-0.1, -0.05) is 31.5 Å². The standard InChI is InChI=1S/C33H35ClFN5S/c1-20-15-21(2)19-38(18-20)30-13-12-26(17-28(30)34)40-32(31(37-33(40)41)29-7-5-6-14-36-29)27-16-22(3)39(23(27)4)25-10-8-24(35)9-11-25/h5-14,16-17,20-21,31-32H,15,18-19H2,1-4H3,(H,37,41)/t20-,21+,31-,32+/m1/s1. The number of benzene rings is 2. The fourth-order valence-corrected chi connectivity index (χ4v) is 7.43. The van der Waals surface area contributed by atoms with Gasteiger partial charge in [0.25, 0.3) is 0 Å². The summed E-state index contributed by atoms with van der Waals surface area (Å²) in [7, 11) is 0. The van der Waals surface area contributed by atoms with Gasteiger partial charge in [0.2, 0.25) is 0 Å². The number of pyridine rings is 1. The van der Waals surface area contributed by atoms with Crippen molar-refractivity contribution in [2.75, 3.05) is 22.9 Å². The molecule has 212 valence electrons. The maximum absolute atomic E-state index is 13.7. The van der Waals surface area contributed by atoms with E-state index in [1.807, 2.05) is 42.6 Å².